The molecule has 0 aliphatic carbocycles. The monoisotopic (exact) mass is 172 g/mol. The third-order valence-electron chi connectivity index (χ3n) is 2.03. The first-order valence-electron chi connectivity index (χ1n) is 4.69. The number of hydrogen-bond acceptors (Lipinski definition) is 0. The summed E-state index contributed by atoms with van der Waals surface area (Å²) in [6.07, 6.45) is 8.39. The fourth-order valence-electron chi connectivity index (χ4n) is 1.21. The van der Waals surface area contributed by atoms with Gasteiger partial charge in [-0.25, -0.2) is 0 Å². The fourth-order valence-corrected chi connectivity index (χ4v) is 1.21. The van der Waals surface area contributed by atoms with Gasteiger partial charge in [-0.2, -0.15) is 0 Å². The Morgan fingerprint density at radius 2 is 1.77 bits per heavy atom. The van der Waals surface area contributed by atoms with E-state index in [2.05, 4.69) is 49.4 Å². The highest BCUT2D eigenvalue weighted by Crippen LogP contribution is 2.15. The smallest absolute Gasteiger partial charge is 0.000732 e. The largest absolute Gasteiger partial charge is 0.0877 e. The van der Waals surface area contributed by atoms with Crippen molar-refractivity contribution in [2.45, 2.75) is 19.8 Å². The predicted molar refractivity (Wildman–Crippen MR) is 58.8 cm³/mol. The molecule has 1 rings (SSSR count). The zero-order valence-corrected chi connectivity index (χ0v) is 8.27. The molecular weight excluding hydrogens is 156 g/mol. The highest BCUT2D eigenvalue weighted by Gasteiger charge is 1.97. The lowest BCUT2D eigenvalue weighted by atomic mass is 10.0. The van der Waals surface area contributed by atoms with Gasteiger partial charge in [0.2, 0.25) is 0 Å². The van der Waals surface area contributed by atoms with E-state index in [1.807, 2.05) is 19.1 Å². The fraction of sp³-hybridized carbons (Fsp3) is 0.231. The Morgan fingerprint density at radius 3 is 2.38 bits per heavy atom. The van der Waals surface area contributed by atoms with E-state index in [4.69, 9.17) is 0 Å². The molecule has 0 amide bonds. The van der Waals surface area contributed by atoms with Gasteiger partial charge in [0.05, 0.1) is 0 Å². The lowest BCUT2D eigenvalue weighted by Gasteiger charge is -2.04. The highest BCUT2D eigenvalue weighted by atomic mass is 14.0. The quantitative estimate of drug-likeness (QED) is 0.606. The van der Waals surface area contributed by atoms with Gasteiger partial charge in [0, 0.05) is 0 Å². The first kappa shape index (κ1) is 9.79. The molecule has 0 aliphatic rings. The third-order valence-corrected chi connectivity index (χ3v) is 2.03. The summed E-state index contributed by atoms with van der Waals surface area (Å²) in [5.74, 6) is 0.498. The van der Waals surface area contributed by atoms with Crippen LogP contribution in [0, 0.1) is 0 Å². The van der Waals surface area contributed by atoms with Crippen molar-refractivity contribution < 1.29 is 0 Å². The van der Waals surface area contributed by atoms with E-state index in [-0.39, 0.29) is 0 Å². The van der Waals surface area contributed by atoms with Crippen LogP contribution < -0.4 is 0 Å². The maximum absolute atomic E-state index is 2.20. The molecule has 0 spiro atoms. The Balaban J connectivity index is 2.63. The minimum Gasteiger partial charge on any atom is -0.0877 e. The summed E-state index contributed by atoms with van der Waals surface area (Å²) in [4.78, 5) is 0. The van der Waals surface area contributed by atoms with Gasteiger partial charge in [-0.1, -0.05) is 61.6 Å². The Kier molecular flexibility index (Phi) is 4.04. The zero-order valence-electron chi connectivity index (χ0n) is 8.27. The van der Waals surface area contributed by atoms with Crippen molar-refractivity contribution in [3.05, 3.63) is 60.2 Å². The van der Waals surface area contributed by atoms with Gasteiger partial charge in [-0.15, -0.1) is 0 Å². The van der Waals surface area contributed by atoms with Crippen LogP contribution in [-0.2, 0) is 0 Å². The Bertz CT molecular complexity index is 280. The number of allylic oxidation sites excluding steroid dienone is 4. The minimum atomic E-state index is 0.498. The lowest BCUT2D eigenvalue weighted by molar-refractivity contribution is 0.968. The molecule has 0 bridgehead atoms. The van der Waals surface area contributed by atoms with Crippen molar-refractivity contribution in [2.75, 3.05) is 0 Å². The van der Waals surface area contributed by atoms with Gasteiger partial charge in [0.1, 0.15) is 0 Å². The van der Waals surface area contributed by atoms with Crippen LogP contribution in [0.4, 0.5) is 0 Å². The van der Waals surface area contributed by atoms with Gasteiger partial charge < -0.3 is 0 Å². The van der Waals surface area contributed by atoms with E-state index < -0.39 is 0 Å². The van der Waals surface area contributed by atoms with Crippen LogP contribution in [0.25, 0.3) is 0 Å². The average molecular weight is 172 g/mol. The number of benzene rings is 1. The van der Waals surface area contributed by atoms with E-state index in [1.165, 1.54) is 5.56 Å². The molecule has 68 valence electrons. The van der Waals surface area contributed by atoms with Gasteiger partial charge in [0.15, 0.2) is 0 Å². The molecule has 0 fully saturated rings. The molecule has 1 unspecified atom stereocenters. The molecule has 0 radical (unpaired) electrons. The second-order valence-corrected chi connectivity index (χ2v) is 3.11. The van der Waals surface area contributed by atoms with Gasteiger partial charge in [0.25, 0.3) is 0 Å². The normalized spacial score (nSPS) is 14.0. The van der Waals surface area contributed by atoms with Gasteiger partial charge >= 0.3 is 0 Å². The maximum atomic E-state index is 2.20. The molecule has 0 saturated carbocycles. The summed E-state index contributed by atoms with van der Waals surface area (Å²) in [5, 5.41) is 0. The van der Waals surface area contributed by atoms with Crippen LogP contribution >= 0.6 is 0 Å². The second-order valence-electron chi connectivity index (χ2n) is 3.11. The molecule has 0 heteroatoms. The summed E-state index contributed by atoms with van der Waals surface area (Å²) < 4.78 is 0. The summed E-state index contributed by atoms with van der Waals surface area (Å²) in [6.45, 7) is 4.23. The van der Waals surface area contributed by atoms with Crippen molar-refractivity contribution in [1.29, 1.82) is 0 Å². The van der Waals surface area contributed by atoms with Crippen molar-refractivity contribution in [3.63, 3.8) is 0 Å². The van der Waals surface area contributed by atoms with E-state index in [0.29, 0.717) is 5.92 Å². The molecular formula is C13H16. The first-order chi connectivity index (χ1) is 6.34. The van der Waals surface area contributed by atoms with Crippen LogP contribution in [0.3, 0.4) is 0 Å². The Morgan fingerprint density at radius 1 is 1.08 bits per heavy atom. The summed E-state index contributed by atoms with van der Waals surface area (Å²) in [5.41, 5.74) is 1.36. The number of rotatable bonds is 3. The molecule has 1 aromatic carbocycles. The number of hydrogen-bond donors (Lipinski definition) is 0. The first-order valence-corrected chi connectivity index (χ1v) is 4.69. The van der Waals surface area contributed by atoms with Crippen LogP contribution in [0.2, 0.25) is 0 Å². The molecule has 0 aliphatic heterocycles. The summed E-state index contributed by atoms with van der Waals surface area (Å²) in [7, 11) is 0. The average Bonchev–Trinajstić information content (AvgIpc) is 2.19. The molecule has 0 saturated heterocycles. The molecule has 1 aromatic rings. The van der Waals surface area contributed by atoms with Crippen LogP contribution in [0.15, 0.2) is 54.6 Å². The van der Waals surface area contributed by atoms with Crippen molar-refractivity contribution in [2.24, 2.45) is 0 Å². The van der Waals surface area contributed by atoms with E-state index in [0.717, 1.165) is 0 Å². The molecule has 0 aromatic heterocycles. The predicted octanol–water partition coefficient (Wildman–Crippen LogP) is 3.92. The molecule has 0 N–H and O–H groups in total. The van der Waals surface area contributed by atoms with Crippen molar-refractivity contribution >= 4 is 0 Å². The third kappa shape index (κ3) is 3.29. The van der Waals surface area contributed by atoms with Crippen molar-refractivity contribution in [3.8, 4) is 0 Å². The summed E-state index contributed by atoms with van der Waals surface area (Å²) in [6, 6.07) is 10.5. The second kappa shape index (κ2) is 5.36. The molecule has 1 atom stereocenters. The van der Waals surface area contributed by atoms with E-state index in [9.17, 15) is 0 Å². The highest BCUT2D eigenvalue weighted by molar-refractivity contribution is 5.23. The zero-order chi connectivity index (χ0) is 9.52. The van der Waals surface area contributed by atoms with Crippen molar-refractivity contribution in [1.82, 2.24) is 0 Å². The summed E-state index contributed by atoms with van der Waals surface area (Å²) >= 11 is 0. The van der Waals surface area contributed by atoms with Crippen LogP contribution in [0.1, 0.15) is 25.3 Å². The Labute approximate surface area is 80.6 Å². The van der Waals surface area contributed by atoms with Crippen LogP contribution in [-0.4, -0.2) is 0 Å². The van der Waals surface area contributed by atoms with Crippen LogP contribution in [0.5, 0.6) is 0 Å². The molecule has 0 nitrogen and oxygen atoms in total. The topological polar surface area (TPSA) is 0 Å². The van der Waals surface area contributed by atoms with E-state index >= 15 is 0 Å². The standard InChI is InChI=1S/C13H16/c1-3-4-6-9-12(2)13-10-7-5-8-11-13/h3-12H,1-2H3/b4-3-,9-6+. The lowest BCUT2D eigenvalue weighted by Crippen LogP contribution is -1.86. The SMILES string of the molecule is C/C=C\C=C\C(C)c1ccccc1. The molecule has 0 heterocycles. The Hall–Kier alpha value is -1.30. The van der Waals surface area contributed by atoms with Gasteiger partial charge in [-0.3, -0.25) is 0 Å². The molecule has 13 heavy (non-hydrogen) atoms. The van der Waals surface area contributed by atoms with E-state index in [1.54, 1.807) is 0 Å². The van der Waals surface area contributed by atoms with Gasteiger partial charge in [-0.05, 0) is 18.4 Å². The minimum absolute atomic E-state index is 0.498. The maximum Gasteiger partial charge on any atom is -0.000732 e.